The van der Waals surface area contributed by atoms with Crippen molar-refractivity contribution in [1.82, 2.24) is 9.62 Å². The molecule has 1 fully saturated rings. The summed E-state index contributed by atoms with van der Waals surface area (Å²) in [7, 11) is -3.53. The van der Waals surface area contributed by atoms with E-state index in [0.717, 1.165) is 31.5 Å². The first-order valence-electron chi connectivity index (χ1n) is 6.85. The summed E-state index contributed by atoms with van der Waals surface area (Å²) in [6, 6.07) is 4.70. The number of nitrogens with zero attached hydrogens (tertiary/aromatic N) is 1. The van der Waals surface area contributed by atoms with Crippen LogP contribution in [0.4, 0.5) is 0 Å². The number of likely N-dealkylation sites (tertiary alicyclic amines) is 1. The number of rotatable bonds is 4. The van der Waals surface area contributed by atoms with Crippen molar-refractivity contribution >= 4 is 15.9 Å². The first-order valence-corrected chi connectivity index (χ1v) is 8.33. The second-order valence-electron chi connectivity index (χ2n) is 4.98. The van der Waals surface area contributed by atoms with E-state index in [2.05, 4.69) is 4.72 Å². The van der Waals surface area contributed by atoms with Crippen molar-refractivity contribution < 1.29 is 13.2 Å². The van der Waals surface area contributed by atoms with Gasteiger partial charge in [-0.05, 0) is 37.5 Å². The molecule has 0 atom stereocenters. The van der Waals surface area contributed by atoms with Crippen molar-refractivity contribution in [3.63, 3.8) is 0 Å². The van der Waals surface area contributed by atoms with Gasteiger partial charge in [0, 0.05) is 25.2 Å². The highest BCUT2D eigenvalue weighted by atomic mass is 32.2. The van der Waals surface area contributed by atoms with Crippen LogP contribution in [0, 0.1) is 6.92 Å². The number of benzene rings is 1. The molecule has 0 unspecified atom stereocenters. The zero-order chi connectivity index (χ0) is 14.8. The van der Waals surface area contributed by atoms with Crippen LogP contribution < -0.4 is 4.72 Å². The first kappa shape index (κ1) is 15.0. The third-order valence-electron chi connectivity index (χ3n) is 3.48. The summed E-state index contributed by atoms with van der Waals surface area (Å²) in [6.07, 6.45) is 2.03. The fourth-order valence-corrected chi connectivity index (χ4v) is 3.43. The highest BCUT2D eigenvalue weighted by Gasteiger charge is 2.23. The Morgan fingerprint density at radius 1 is 1.30 bits per heavy atom. The topological polar surface area (TPSA) is 66.5 Å². The Labute approximate surface area is 120 Å². The van der Waals surface area contributed by atoms with Gasteiger partial charge in [-0.25, -0.2) is 13.1 Å². The van der Waals surface area contributed by atoms with Gasteiger partial charge in [0.25, 0.3) is 5.91 Å². The molecule has 0 aliphatic carbocycles. The second kappa shape index (κ2) is 5.93. The van der Waals surface area contributed by atoms with Crippen LogP contribution in [-0.2, 0) is 10.0 Å². The largest absolute Gasteiger partial charge is 0.339 e. The maximum atomic E-state index is 12.4. The van der Waals surface area contributed by atoms with Gasteiger partial charge < -0.3 is 4.90 Å². The van der Waals surface area contributed by atoms with E-state index >= 15 is 0 Å². The lowest BCUT2D eigenvalue weighted by molar-refractivity contribution is 0.0792. The van der Waals surface area contributed by atoms with Crippen LogP contribution in [-0.4, -0.2) is 38.9 Å². The Hall–Kier alpha value is -1.40. The smallest absolute Gasteiger partial charge is 0.254 e. The third-order valence-corrected chi connectivity index (χ3v) is 5.02. The van der Waals surface area contributed by atoms with Crippen LogP contribution in [0.25, 0.3) is 0 Å². The van der Waals surface area contributed by atoms with Gasteiger partial charge in [0.2, 0.25) is 10.0 Å². The molecule has 5 nitrogen and oxygen atoms in total. The molecule has 110 valence electrons. The van der Waals surface area contributed by atoms with E-state index < -0.39 is 10.0 Å². The zero-order valence-electron chi connectivity index (χ0n) is 11.8. The Kier molecular flexibility index (Phi) is 4.45. The van der Waals surface area contributed by atoms with Gasteiger partial charge in [-0.3, -0.25) is 4.79 Å². The number of carbonyl (C=O) groups excluding carboxylic acids is 1. The van der Waals surface area contributed by atoms with E-state index in [0.29, 0.717) is 12.1 Å². The molecule has 1 aromatic rings. The van der Waals surface area contributed by atoms with Gasteiger partial charge in [0.1, 0.15) is 0 Å². The highest BCUT2D eigenvalue weighted by Crippen LogP contribution is 2.19. The van der Waals surface area contributed by atoms with Crippen LogP contribution in [0.2, 0.25) is 0 Å². The van der Waals surface area contributed by atoms with E-state index in [1.54, 1.807) is 17.9 Å². The number of sulfonamides is 1. The van der Waals surface area contributed by atoms with Crippen molar-refractivity contribution in [2.45, 2.75) is 31.6 Å². The van der Waals surface area contributed by atoms with Crippen molar-refractivity contribution in [3.8, 4) is 0 Å². The Bertz CT molecular complexity index is 605. The van der Waals surface area contributed by atoms with Crippen molar-refractivity contribution in [2.24, 2.45) is 0 Å². The lowest BCUT2D eigenvalue weighted by atomic mass is 10.1. The van der Waals surface area contributed by atoms with E-state index in [4.69, 9.17) is 0 Å². The van der Waals surface area contributed by atoms with E-state index in [1.165, 1.54) is 12.1 Å². The van der Waals surface area contributed by atoms with Crippen LogP contribution in [0.15, 0.2) is 23.1 Å². The molecule has 1 N–H and O–H groups in total. The molecule has 0 aromatic heterocycles. The number of amides is 1. The normalized spacial score (nSPS) is 15.6. The lowest BCUT2D eigenvalue weighted by Gasteiger charge is -2.17. The van der Waals surface area contributed by atoms with E-state index in [-0.39, 0.29) is 10.8 Å². The average molecular weight is 296 g/mol. The molecule has 0 radical (unpaired) electrons. The molecule has 6 heteroatoms. The van der Waals surface area contributed by atoms with Crippen molar-refractivity contribution in [3.05, 3.63) is 29.3 Å². The predicted molar refractivity (Wildman–Crippen MR) is 77.2 cm³/mol. The Balaban J connectivity index is 2.36. The van der Waals surface area contributed by atoms with E-state index in [1.807, 2.05) is 6.92 Å². The molecule has 0 saturated carbocycles. The molecule has 1 aliphatic heterocycles. The molecule has 0 spiro atoms. The van der Waals surface area contributed by atoms with Crippen LogP contribution in [0.1, 0.15) is 35.7 Å². The molecule has 1 heterocycles. The molecule has 1 amide bonds. The zero-order valence-corrected chi connectivity index (χ0v) is 12.7. The molecule has 20 heavy (non-hydrogen) atoms. The predicted octanol–water partition coefficient (Wildman–Crippen LogP) is 1.53. The molecule has 2 rings (SSSR count). The summed E-state index contributed by atoms with van der Waals surface area (Å²) in [5.74, 6) is -0.0754. The second-order valence-corrected chi connectivity index (χ2v) is 6.74. The minimum absolute atomic E-state index is 0.0754. The molecular formula is C14H20N2O3S. The van der Waals surface area contributed by atoms with Gasteiger partial charge in [0.05, 0.1) is 4.90 Å². The monoisotopic (exact) mass is 296 g/mol. The van der Waals surface area contributed by atoms with Gasteiger partial charge in [0.15, 0.2) is 0 Å². The minimum Gasteiger partial charge on any atom is -0.339 e. The number of hydrogen-bond donors (Lipinski definition) is 1. The van der Waals surface area contributed by atoms with Gasteiger partial charge in [-0.2, -0.15) is 0 Å². The fourth-order valence-electron chi connectivity index (χ4n) is 2.36. The molecule has 0 bridgehead atoms. The van der Waals surface area contributed by atoms with Gasteiger partial charge >= 0.3 is 0 Å². The number of hydrogen-bond acceptors (Lipinski definition) is 3. The van der Waals surface area contributed by atoms with Crippen molar-refractivity contribution in [2.75, 3.05) is 19.6 Å². The number of nitrogens with one attached hydrogen (secondary N) is 1. The fraction of sp³-hybridized carbons (Fsp3) is 0.500. The summed E-state index contributed by atoms with van der Waals surface area (Å²) >= 11 is 0. The maximum Gasteiger partial charge on any atom is 0.254 e. The summed E-state index contributed by atoms with van der Waals surface area (Å²) in [4.78, 5) is 14.3. The van der Waals surface area contributed by atoms with Gasteiger partial charge in [-0.15, -0.1) is 0 Å². The summed E-state index contributed by atoms with van der Waals surface area (Å²) in [6.45, 7) is 5.38. The maximum absolute atomic E-state index is 12.4. The van der Waals surface area contributed by atoms with E-state index in [9.17, 15) is 13.2 Å². The standard InChI is InChI=1S/C14H20N2O3S/c1-3-15-20(18,19)12-7-6-11(2)13(10-12)14(17)16-8-4-5-9-16/h6-7,10,15H,3-5,8-9H2,1-2H3. The Morgan fingerprint density at radius 2 is 1.95 bits per heavy atom. The first-order chi connectivity index (χ1) is 9.45. The van der Waals surface area contributed by atoms with Crippen molar-refractivity contribution in [1.29, 1.82) is 0 Å². The SMILES string of the molecule is CCNS(=O)(=O)c1ccc(C)c(C(=O)N2CCCC2)c1. The lowest BCUT2D eigenvalue weighted by Crippen LogP contribution is -2.29. The summed E-state index contributed by atoms with van der Waals surface area (Å²) in [5.41, 5.74) is 1.28. The van der Waals surface area contributed by atoms with Crippen LogP contribution >= 0.6 is 0 Å². The molecule has 1 saturated heterocycles. The molecular weight excluding hydrogens is 276 g/mol. The molecule has 1 aromatic carbocycles. The average Bonchev–Trinajstić information content (AvgIpc) is 2.92. The van der Waals surface area contributed by atoms with Gasteiger partial charge in [-0.1, -0.05) is 13.0 Å². The third kappa shape index (κ3) is 3.02. The quantitative estimate of drug-likeness (QED) is 0.916. The summed E-state index contributed by atoms with van der Waals surface area (Å²) in [5, 5.41) is 0. The van der Waals surface area contributed by atoms with Crippen LogP contribution in [0.3, 0.4) is 0 Å². The highest BCUT2D eigenvalue weighted by molar-refractivity contribution is 7.89. The molecule has 1 aliphatic rings. The van der Waals surface area contributed by atoms with Crippen LogP contribution in [0.5, 0.6) is 0 Å². The number of aryl methyl sites for hydroxylation is 1. The minimum atomic E-state index is -3.53. The Morgan fingerprint density at radius 3 is 2.55 bits per heavy atom. The number of carbonyl (C=O) groups is 1. The summed E-state index contributed by atoms with van der Waals surface area (Å²) < 4.78 is 26.4.